The molecule has 1 nitrogen and oxygen atoms in total. The Morgan fingerprint density at radius 2 is 1.81 bits per heavy atom. The zero-order valence-corrected chi connectivity index (χ0v) is 17.0. The van der Waals surface area contributed by atoms with Crippen molar-refractivity contribution in [2.24, 2.45) is 10.9 Å². The zero-order chi connectivity index (χ0) is 18.5. The first-order chi connectivity index (χ1) is 12.5. The highest BCUT2D eigenvalue weighted by Crippen LogP contribution is 2.34. The van der Waals surface area contributed by atoms with Gasteiger partial charge in [0.05, 0.1) is 5.71 Å². The van der Waals surface area contributed by atoms with E-state index in [4.69, 9.17) is 4.99 Å². The van der Waals surface area contributed by atoms with Gasteiger partial charge in [0.2, 0.25) is 0 Å². The van der Waals surface area contributed by atoms with Crippen LogP contribution in [-0.4, -0.2) is 5.71 Å². The van der Waals surface area contributed by atoms with Gasteiger partial charge >= 0.3 is 0 Å². The number of hydrogen-bond acceptors (Lipinski definition) is 3. The van der Waals surface area contributed by atoms with Gasteiger partial charge in [0.15, 0.2) is 0 Å². The van der Waals surface area contributed by atoms with Gasteiger partial charge in [-0.05, 0) is 58.6 Å². The fourth-order valence-electron chi connectivity index (χ4n) is 2.64. The van der Waals surface area contributed by atoms with Crippen molar-refractivity contribution in [2.45, 2.75) is 20.8 Å². The summed E-state index contributed by atoms with van der Waals surface area (Å²) in [5.41, 5.74) is 3.35. The predicted molar refractivity (Wildman–Crippen MR) is 121 cm³/mol. The predicted octanol–water partition coefficient (Wildman–Crippen LogP) is 7.54. The number of nitrogens with zero attached hydrogens (tertiary/aromatic N) is 1. The summed E-state index contributed by atoms with van der Waals surface area (Å²) in [6.45, 7) is 10.6. The van der Waals surface area contributed by atoms with Crippen molar-refractivity contribution in [3.63, 3.8) is 0 Å². The molecule has 3 heteroatoms. The molecule has 0 fully saturated rings. The van der Waals surface area contributed by atoms with Crippen LogP contribution in [0.1, 0.15) is 26.3 Å². The number of aliphatic imine (C=N–C) groups is 1. The summed E-state index contributed by atoms with van der Waals surface area (Å²) in [6, 6.07) is 15.0. The molecule has 0 N–H and O–H groups in total. The Bertz CT molecular complexity index is 948. The normalized spacial score (nSPS) is 26.5. The summed E-state index contributed by atoms with van der Waals surface area (Å²) in [5, 5.41) is 4.60. The molecule has 26 heavy (non-hydrogen) atoms. The molecule has 0 spiro atoms. The molecule has 0 aliphatic carbocycles. The Morgan fingerprint density at radius 1 is 1.04 bits per heavy atom. The first-order valence-corrected chi connectivity index (χ1v) is 10.3. The van der Waals surface area contributed by atoms with Crippen LogP contribution >= 0.6 is 23.5 Å². The van der Waals surface area contributed by atoms with Crippen molar-refractivity contribution in [1.29, 1.82) is 0 Å². The van der Waals surface area contributed by atoms with Gasteiger partial charge in [-0.2, -0.15) is 0 Å². The summed E-state index contributed by atoms with van der Waals surface area (Å²) in [6.07, 6.45) is 6.35. The van der Waals surface area contributed by atoms with Gasteiger partial charge in [0.1, 0.15) is 0 Å². The van der Waals surface area contributed by atoms with E-state index < -0.39 is 0 Å². The average molecular weight is 378 g/mol. The maximum atomic E-state index is 4.84. The SMILES string of the molecule is C=C1S/C=C\C(C)/C(C)=C/N=C(c2ccc3ccccc3c2)/C=C(\C)S1. The molecule has 1 aliphatic heterocycles. The molecule has 1 atom stereocenters. The first-order valence-electron chi connectivity index (χ1n) is 8.65. The van der Waals surface area contributed by atoms with Gasteiger partial charge in [-0.1, -0.05) is 79.5 Å². The lowest BCUT2D eigenvalue weighted by molar-refractivity contribution is 0.860. The molecule has 1 unspecified atom stereocenters. The fraction of sp³-hybridized carbons (Fsp3) is 0.174. The van der Waals surface area contributed by atoms with E-state index in [9.17, 15) is 0 Å². The Labute approximate surface area is 164 Å². The highest BCUT2D eigenvalue weighted by Gasteiger charge is 2.07. The molecule has 0 aromatic heterocycles. The van der Waals surface area contributed by atoms with Crippen molar-refractivity contribution < 1.29 is 0 Å². The molecule has 1 heterocycles. The molecule has 1 aliphatic rings. The maximum Gasteiger partial charge on any atom is 0.0710 e. The van der Waals surface area contributed by atoms with Crippen LogP contribution in [-0.2, 0) is 0 Å². The van der Waals surface area contributed by atoms with Gasteiger partial charge in [0.25, 0.3) is 0 Å². The van der Waals surface area contributed by atoms with Crippen LogP contribution < -0.4 is 0 Å². The Balaban J connectivity index is 2.09. The minimum absolute atomic E-state index is 0.353. The minimum atomic E-state index is 0.353. The van der Waals surface area contributed by atoms with Crippen LogP contribution in [0.2, 0.25) is 0 Å². The van der Waals surface area contributed by atoms with Crippen molar-refractivity contribution in [3.8, 4) is 0 Å². The highest BCUT2D eigenvalue weighted by molar-refractivity contribution is 8.25. The number of hydrogen-bond donors (Lipinski definition) is 0. The lowest BCUT2D eigenvalue weighted by atomic mass is 10.0. The Morgan fingerprint density at radius 3 is 2.62 bits per heavy atom. The smallest absolute Gasteiger partial charge is 0.0710 e. The molecule has 0 bridgehead atoms. The van der Waals surface area contributed by atoms with Crippen molar-refractivity contribution >= 4 is 40.0 Å². The second-order valence-corrected chi connectivity index (χ2v) is 9.01. The van der Waals surface area contributed by atoms with E-state index >= 15 is 0 Å². The third-order valence-corrected chi connectivity index (χ3v) is 6.11. The third-order valence-electron chi connectivity index (χ3n) is 4.35. The number of rotatable bonds is 1. The Hall–Kier alpha value is -1.97. The van der Waals surface area contributed by atoms with Gasteiger partial charge in [-0.3, -0.25) is 4.99 Å². The molecule has 0 radical (unpaired) electrons. The van der Waals surface area contributed by atoms with Crippen LogP contribution in [0, 0.1) is 5.92 Å². The maximum absolute atomic E-state index is 4.84. The summed E-state index contributed by atoms with van der Waals surface area (Å²) in [4.78, 5) is 6.02. The molecule has 2 aromatic rings. The summed E-state index contributed by atoms with van der Waals surface area (Å²) >= 11 is 3.37. The zero-order valence-electron chi connectivity index (χ0n) is 15.4. The molecular weight excluding hydrogens is 354 g/mol. The summed E-state index contributed by atoms with van der Waals surface area (Å²) in [5.74, 6) is 0.353. The van der Waals surface area contributed by atoms with Crippen molar-refractivity contribution in [3.05, 3.63) is 93.1 Å². The van der Waals surface area contributed by atoms with E-state index in [1.54, 1.807) is 23.5 Å². The largest absolute Gasteiger partial charge is 0.256 e. The van der Waals surface area contributed by atoms with Gasteiger partial charge < -0.3 is 0 Å². The highest BCUT2D eigenvalue weighted by atomic mass is 32.2. The summed E-state index contributed by atoms with van der Waals surface area (Å²) < 4.78 is 1.07. The molecule has 0 saturated heterocycles. The van der Waals surface area contributed by atoms with E-state index in [1.165, 1.54) is 21.3 Å². The van der Waals surface area contributed by atoms with E-state index in [0.717, 1.165) is 15.5 Å². The Kier molecular flexibility index (Phi) is 6.23. The lowest BCUT2D eigenvalue weighted by Gasteiger charge is -2.10. The van der Waals surface area contributed by atoms with Gasteiger partial charge in [0, 0.05) is 16.0 Å². The number of allylic oxidation sites excluding steroid dienone is 4. The minimum Gasteiger partial charge on any atom is -0.256 e. The molecule has 0 saturated carbocycles. The monoisotopic (exact) mass is 377 g/mol. The number of thioether (sulfide) groups is 2. The average Bonchev–Trinajstić information content (AvgIpc) is 2.63. The van der Waals surface area contributed by atoms with Crippen LogP contribution in [0.15, 0.2) is 92.5 Å². The van der Waals surface area contributed by atoms with Crippen LogP contribution in [0.5, 0.6) is 0 Å². The van der Waals surface area contributed by atoms with Gasteiger partial charge in [-0.15, -0.1) is 0 Å². The second-order valence-electron chi connectivity index (χ2n) is 6.41. The van der Waals surface area contributed by atoms with E-state index in [1.807, 2.05) is 6.20 Å². The number of fused-ring (bicyclic) bond motifs is 1. The number of benzene rings is 2. The van der Waals surface area contributed by atoms with Gasteiger partial charge in [-0.25, -0.2) is 0 Å². The molecule has 132 valence electrons. The van der Waals surface area contributed by atoms with E-state index in [0.29, 0.717) is 5.92 Å². The van der Waals surface area contributed by atoms with Crippen molar-refractivity contribution in [2.75, 3.05) is 0 Å². The standard InChI is InChI=1S/C23H23NS2/c1-16-11-12-25-19(4)26-18(3)13-23(24-15-17(16)2)22-10-9-20-7-5-6-8-21(20)14-22/h5-16H,4H2,1-3H3/b12-11-,17-15+,18-13+,24-23-. The van der Waals surface area contributed by atoms with E-state index in [2.05, 4.69) is 87.4 Å². The molecular formula is C23H23NS2. The molecule has 3 rings (SSSR count). The fourth-order valence-corrected chi connectivity index (χ4v) is 4.39. The molecule has 0 amide bonds. The lowest BCUT2D eigenvalue weighted by Crippen LogP contribution is -1.99. The van der Waals surface area contributed by atoms with Crippen molar-refractivity contribution in [1.82, 2.24) is 0 Å². The van der Waals surface area contributed by atoms with Crippen LogP contribution in [0.25, 0.3) is 10.8 Å². The third kappa shape index (κ3) is 4.80. The quantitative estimate of drug-likeness (QED) is 0.509. The first kappa shape index (κ1) is 18.8. The van der Waals surface area contributed by atoms with Crippen LogP contribution in [0.3, 0.4) is 0 Å². The second kappa shape index (κ2) is 8.61. The summed E-state index contributed by atoms with van der Waals surface area (Å²) in [7, 11) is 0. The van der Waals surface area contributed by atoms with Crippen LogP contribution in [0.4, 0.5) is 0 Å². The topological polar surface area (TPSA) is 12.4 Å². The molecule has 2 aromatic carbocycles. The van der Waals surface area contributed by atoms with E-state index in [-0.39, 0.29) is 0 Å².